The third kappa shape index (κ3) is 2.73. The van der Waals surface area contributed by atoms with Crippen LogP contribution < -0.4 is 4.74 Å². The first kappa shape index (κ1) is 15.9. The maximum atomic E-state index is 9.02. The largest absolute Gasteiger partial charge is 0.491 e. The molecular formula is C23H22O2. The van der Waals surface area contributed by atoms with Gasteiger partial charge in [-0.25, -0.2) is 0 Å². The van der Waals surface area contributed by atoms with E-state index < -0.39 is 0 Å². The van der Waals surface area contributed by atoms with Crippen molar-refractivity contribution in [2.75, 3.05) is 13.2 Å². The molecule has 1 N–H and O–H groups in total. The van der Waals surface area contributed by atoms with Crippen LogP contribution in [0.3, 0.4) is 0 Å². The van der Waals surface area contributed by atoms with Crippen LogP contribution in [-0.2, 0) is 6.42 Å². The number of hydrogen-bond acceptors (Lipinski definition) is 2. The van der Waals surface area contributed by atoms with E-state index in [1.54, 1.807) is 0 Å². The zero-order valence-electron chi connectivity index (χ0n) is 14.7. The third-order valence-corrected chi connectivity index (χ3v) is 4.93. The Hall–Kier alpha value is -2.58. The van der Waals surface area contributed by atoms with Crippen LogP contribution in [0.25, 0.3) is 22.3 Å². The van der Waals surface area contributed by atoms with E-state index in [1.807, 2.05) is 0 Å². The van der Waals surface area contributed by atoms with Gasteiger partial charge in [0, 0.05) is 0 Å². The molecule has 0 amide bonds. The number of aliphatic hydroxyl groups is 1. The highest BCUT2D eigenvalue weighted by molar-refractivity contribution is 5.90. The minimum absolute atomic E-state index is 0.0314. The van der Waals surface area contributed by atoms with Gasteiger partial charge >= 0.3 is 0 Å². The number of rotatable bonds is 4. The highest BCUT2D eigenvalue weighted by Crippen LogP contribution is 2.43. The van der Waals surface area contributed by atoms with E-state index in [9.17, 15) is 0 Å². The Bertz CT molecular complexity index is 918. The van der Waals surface area contributed by atoms with Crippen LogP contribution in [0.1, 0.15) is 22.3 Å². The fourth-order valence-electron chi connectivity index (χ4n) is 3.91. The highest BCUT2D eigenvalue weighted by atomic mass is 16.5. The number of aliphatic hydroxyl groups excluding tert-OH is 1. The van der Waals surface area contributed by atoms with Crippen LogP contribution in [0.4, 0.5) is 0 Å². The van der Waals surface area contributed by atoms with E-state index in [0.29, 0.717) is 6.61 Å². The molecule has 0 unspecified atom stereocenters. The summed E-state index contributed by atoms with van der Waals surface area (Å²) in [5, 5.41) is 9.02. The Labute approximate surface area is 148 Å². The first-order valence-corrected chi connectivity index (χ1v) is 8.74. The average molecular weight is 330 g/mol. The predicted molar refractivity (Wildman–Crippen MR) is 102 cm³/mol. The summed E-state index contributed by atoms with van der Waals surface area (Å²) in [5.41, 5.74) is 10.2. The van der Waals surface area contributed by atoms with Crippen LogP contribution in [-0.4, -0.2) is 18.3 Å². The second-order valence-corrected chi connectivity index (χ2v) is 6.68. The summed E-state index contributed by atoms with van der Waals surface area (Å²) in [6.45, 7) is 4.50. The van der Waals surface area contributed by atoms with Crippen molar-refractivity contribution < 1.29 is 9.84 Å². The lowest BCUT2D eigenvalue weighted by atomic mass is 9.92. The smallest absolute Gasteiger partial charge is 0.125 e. The SMILES string of the molecule is Cc1cc(-c2cccc3c2-c2ccccc2C3)cc(C)c1OCCO. The normalized spacial score (nSPS) is 12.0. The van der Waals surface area contributed by atoms with E-state index in [4.69, 9.17) is 9.84 Å². The molecule has 0 aliphatic heterocycles. The van der Waals surface area contributed by atoms with Gasteiger partial charge in [-0.2, -0.15) is 0 Å². The summed E-state index contributed by atoms with van der Waals surface area (Å²) in [5.74, 6) is 0.880. The third-order valence-electron chi connectivity index (χ3n) is 4.93. The summed E-state index contributed by atoms with van der Waals surface area (Å²) < 4.78 is 5.71. The molecule has 1 aliphatic carbocycles. The van der Waals surface area contributed by atoms with E-state index >= 15 is 0 Å². The molecule has 0 bridgehead atoms. The lowest BCUT2D eigenvalue weighted by molar-refractivity contribution is 0.200. The van der Waals surface area contributed by atoms with Crippen LogP contribution in [0, 0.1) is 13.8 Å². The Kier molecular flexibility index (Phi) is 4.06. The van der Waals surface area contributed by atoms with Gasteiger partial charge in [-0.05, 0) is 76.9 Å². The molecule has 0 radical (unpaired) electrons. The van der Waals surface area contributed by atoms with Gasteiger partial charge in [-0.3, -0.25) is 0 Å². The van der Waals surface area contributed by atoms with E-state index in [1.165, 1.54) is 33.4 Å². The van der Waals surface area contributed by atoms with Crippen molar-refractivity contribution >= 4 is 0 Å². The van der Waals surface area contributed by atoms with Crippen molar-refractivity contribution in [3.05, 3.63) is 76.9 Å². The fraction of sp³-hybridized carbons (Fsp3) is 0.217. The maximum Gasteiger partial charge on any atom is 0.125 e. The Morgan fingerprint density at radius 1 is 0.880 bits per heavy atom. The molecule has 0 saturated heterocycles. The zero-order valence-corrected chi connectivity index (χ0v) is 14.7. The van der Waals surface area contributed by atoms with Gasteiger partial charge in [0.15, 0.2) is 0 Å². The van der Waals surface area contributed by atoms with Gasteiger partial charge in [-0.15, -0.1) is 0 Å². The van der Waals surface area contributed by atoms with E-state index in [-0.39, 0.29) is 6.61 Å². The van der Waals surface area contributed by atoms with Crippen molar-refractivity contribution in [3.63, 3.8) is 0 Å². The molecule has 4 rings (SSSR count). The summed E-state index contributed by atoms with van der Waals surface area (Å²) in [4.78, 5) is 0. The van der Waals surface area contributed by atoms with Gasteiger partial charge < -0.3 is 9.84 Å². The van der Waals surface area contributed by atoms with Gasteiger partial charge in [0.2, 0.25) is 0 Å². The van der Waals surface area contributed by atoms with Crippen molar-refractivity contribution in [1.82, 2.24) is 0 Å². The second kappa shape index (κ2) is 6.38. The lowest BCUT2D eigenvalue weighted by Gasteiger charge is -2.16. The molecule has 0 spiro atoms. The van der Waals surface area contributed by atoms with E-state index in [2.05, 4.69) is 68.4 Å². The van der Waals surface area contributed by atoms with E-state index in [0.717, 1.165) is 23.3 Å². The quantitative estimate of drug-likeness (QED) is 0.576. The standard InChI is InChI=1S/C23H22O2/c1-15-12-19(13-16(2)23(15)25-11-10-24)21-9-5-7-18-14-17-6-3-4-8-20(17)22(18)21/h3-9,12-13,24H,10-11,14H2,1-2H3. The van der Waals surface area contributed by atoms with Crippen LogP contribution >= 0.6 is 0 Å². The summed E-state index contributed by atoms with van der Waals surface area (Å²) in [7, 11) is 0. The first-order valence-electron chi connectivity index (χ1n) is 8.74. The van der Waals surface area contributed by atoms with Crippen molar-refractivity contribution in [2.24, 2.45) is 0 Å². The molecule has 0 saturated carbocycles. The van der Waals surface area contributed by atoms with Crippen molar-refractivity contribution in [2.45, 2.75) is 20.3 Å². The molecule has 126 valence electrons. The number of hydrogen-bond donors (Lipinski definition) is 1. The molecule has 2 nitrogen and oxygen atoms in total. The van der Waals surface area contributed by atoms with Crippen LogP contribution in [0.5, 0.6) is 5.75 Å². The predicted octanol–water partition coefficient (Wildman–Crippen LogP) is 4.91. The van der Waals surface area contributed by atoms with Gasteiger partial charge in [0.1, 0.15) is 12.4 Å². The molecule has 0 fully saturated rings. The summed E-state index contributed by atoms with van der Waals surface area (Å²) >= 11 is 0. The second-order valence-electron chi connectivity index (χ2n) is 6.68. The molecule has 3 aromatic rings. The highest BCUT2D eigenvalue weighted by Gasteiger charge is 2.21. The zero-order chi connectivity index (χ0) is 17.4. The molecule has 2 heteroatoms. The maximum absolute atomic E-state index is 9.02. The Morgan fingerprint density at radius 3 is 2.32 bits per heavy atom. The van der Waals surface area contributed by atoms with Gasteiger partial charge in [-0.1, -0.05) is 42.5 Å². The van der Waals surface area contributed by atoms with Crippen LogP contribution in [0.15, 0.2) is 54.6 Å². The molecule has 0 aromatic heterocycles. The topological polar surface area (TPSA) is 29.5 Å². The van der Waals surface area contributed by atoms with Crippen molar-refractivity contribution in [3.8, 4) is 28.0 Å². The number of aryl methyl sites for hydroxylation is 2. The molecule has 1 aliphatic rings. The Balaban J connectivity index is 1.85. The molecule has 25 heavy (non-hydrogen) atoms. The number of benzene rings is 3. The Morgan fingerprint density at radius 2 is 1.56 bits per heavy atom. The monoisotopic (exact) mass is 330 g/mol. The minimum atomic E-state index is 0.0314. The lowest BCUT2D eigenvalue weighted by Crippen LogP contribution is -2.04. The van der Waals surface area contributed by atoms with Gasteiger partial charge in [0.25, 0.3) is 0 Å². The molecule has 0 atom stereocenters. The van der Waals surface area contributed by atoms with Crippen molar-refractivity contribution in [1.29, 1.82) is 0 Å². The molecule has 3 aromatic carbocycles. The summed E-state index contributed by atoms with van der Waals surface area (Å²) in [6, 6.07) is 19.7. The summed E-state index contributed by atoms with van der Waals surface area (Å²) in [6.07, 6.45) is 1.01. The average Bonchev–Trinajstić information content (AvgIpc) is 2.99. The van der Waals surface area contributed by atoms with Gasteiger partial charge in [0.05, 0.1) is 6.61 Å². The van der Waals surface area contributed by atoms with Crippen LogP contribution in [0.2, 0.25) is 0 Å². The molecular weight excluding hydrogens is 308 g/mol. The molecule has 0 heterocycles. The minimum Gasteiger partial charge on any atom is -0.491 e. The number of ether oxygens (including phenoxy) is 1. The number of fused-ring (bicyclic) bond motifs is 3. The fourth-order valence-corrected chi connectivity index (χ4v) is 3.91. The first-order chi connectivity index (χ1) is 12.2.